The molecule has 0 aliphatic carbocycles. The van der Waals surface area contributed by atoms with Crippen LogP contribution in [0.3, 0.4) is 0 Å². The molecule has 6 heteroatoms. The molecule has 0 saturated carbocycles. The first-order chi connectivity index (χ1) is 12.2. The van der Waals surface area contributed by atoms with Gasteiger partial charge >= 0.3 is 5.97 Å². The smallest absolute Gasteiger partial charge is 0.337 e. The molecule has 0 bridgehead atoms. The number of benzene rings is 2. The molecule has 1 aromatic heterocycles. The zero-order valence-electron chi connectivity index (χ0n) is 13.6. The van der Waals surface area contributed by atoms with E-state index in [1.54, 1.807) is 12.3 Å². The van der Waals surface area contributed by atoms with Crippen LogP contribution in [-0.2, 0) is 0 Å². The summed E-state index contributed by atoms with van der Waals surface area (Å²) in [5.74, 6) is 0.194. The highest BCUT2D eigenvalue weighted by Gasteiger charge is 2.07. The second-order valence-corrected chi connectivity index (χ2v) is 5.24. The Labute approximate surface area is 144 Å². The van der Waals surface area contributed by atoms with Gasteiger partial charge in [0.05, 0.1) is 18.4 Å². The topological polar surface area (TPSA) is 83.8 Å². The first kappa shape index (κ1) is 16.4. The number of hydrogen-bond donors (Lipinski definition) is 2. The number of aromatic carboxylic acids is 1. The van der Waals surface area contributed by atoms with Crippen molar-refractivity contribution in [3.05, 3.63) is 65.9 Å². The summed E-state index contributed by atoms with van der Waals surface area (Å²) in [5, 5.41) is 15.2. The number of nitrogens with one attached hydrogen (secondary N) is 1. The van der Waals surface area contributed by atoms with Crippen LogP contribution < -0.4 is 10.2 Å². The molecule has 0 amide bonds. The van der Waals surface area contributed by atoms with Crippen molar-refractivity contribution >= 4 is 28.8 Å². The molecule has 3 aromatic rings. The molecule has 1 heterocycles. The fraction of sp³-hybridized carbons (Fsp3) is 0.105. The Kier molecular flexibility index (Phi) is 4.89. The maximum absolute atomic E-state index is 10.8. The van der Waals surface area contributed by atoms with Crippen LogP contribution in [0.2, 0.25) is 0 Å². The fourth-order valence-electron chi connectivity index (χ4n) is 2.44. The van der Waals surface area contributed by atoms with Crippen molar-refractivity contribution in [2.24, 2.45) is 5.10 Å². The number of rotatable bonds is 6. The summed E-state index contributed by atoms with van der Waals surface area (Å²) >= 11 is 0. The average Bonchev–Trinajstić information content (AvgIpc) is 2.64. The minimum Gasteiger partial charge on any atom is -0.493 e. The van der Waals surface area contributed by atoms with Gasteiger partial charge in [-0.3, -0.25) is 5.43 Å². The molecule has 25 heavy (non-hydrogen) atoms. The molecule has 0 atom stereocenters. The summed E-state index contributed by atoms with van der Waals surface area (Å²) in [6, 6.07) is 15.0. The second kappa shape index (κ2) is 7.44. The second-order valence-electron chi connectivity index (χ2n) is 5.24. The van der Waals surface area contributed by atoms with E-state index in [2.05, 4.69) is 15.5 Å². The quantitative estimate of drug-likeness (QED) is 0.529. The largest absolute Gasteiger partial charge is 0.493 e. The lowest BCUT2D eigenvalue weighted by atomic mass is 10.0. The molecule has 0 unspecified atom stereocenters. The Morgan fingerprint density at radius 3 is 2.80 bits per heavy atom. The van der Waals surface area contributed by atoms with Gasteiger partial charge in [-0.25, -0.2) is 9.78 Å². The normalized spacial score (nSPS) is 10.9. The van der Waals surface area contributed by atoms with Crippen LogP contribution in [0.1, 0.15) is 22.8 Å². The number of carbonyl (C=O) groups is 1. The predicted molar refractivity (Wildman–Crippen MR) is 97.5 cm³/mol. The third kappa shape index (κ3) is 3.74. The van der Waals surface area contributed by atoms with Crippen LogP contribution in [0.25, 0.3) is 10.8 Å². The molecule has 0 spiro atoms. The molecule has 0 fully saturated rings. The summed E-state index contributed by atoms with van der Waals surface area (Å²) in [6.45, 7) is 2.49. The van der Waals surface area contributed by atoms with Gasteiger partial charge in [0.2, 0.25) is 0 Å². The lowest BCUT2D eigenvalue weighted by molar-refractivity contribution is 0.0696. The van der Waals surface area contributed by atoms with E-state index in [-0.39, 0.29) is 5.56 Å². The third-order valence-corrected chi connectivity index (χ3v) is 3.61. The molecule has 0 aliphatic rings. The molecular formula is C19H17N3O3. The maximum atomic E-state index is 10.8. The van der Waals surface area contributed by atoms with Crippen molar-refractivity contribution in [3.8, 4) is 5.75 Å². The predicted octanol–water partition coefficient (Wildman–Crippen LogP) is 3.78. The van der Waals surface area contributed by atoms with Crippen LogP contribution in [0.4, 0.5) is 5.82 Å². The molecule has 126 valence electrons. The van der Waals surface area contributed by atoms with E-state index >= 15 is 0 Å². The summed E-state index contributed by atoms with van der Waals surface area (Å²) in [7, 11) is 0. The molecular weight excluding hydrogens is 318 g/mol. The van der Waals surface area contributed by atoms with E-state index in [1.165, 1.54) is 12.3 Å². The minimum atomic E-state index is -1.01. The Hall–Kier alpha value is -3.41. The van der Waals surface area contributed by atoms with Crippen molar-refractivity contribution in [1.29, 1.82) is 0 Å². The van der Waals surface area contributed by atoms with Gasteiger partial charge in [0.15, 0.2) is 0 Å². The van der Waals surface area contributed by atoms with Crippen molar-refractivity contribution in [2.75, 3.05) is 12.0 Å². The van der Waals surface area contributed by atoms with Crippen molar-refractivity contribution in [3.63, 3.8) is 0 Å². The third-order valence-electron chi connectivity index (χ3n) is 3.61. The van der Waals surface area contributed by atoms with Crippen molar-refractivity contribution in [1.82, 2.24) is 4.98 Å². The van der Waals surface area contributed by atoms with Gasteiger partial charge in [-0.05, 0) is 35.9 Å². The number of hydrazone groups is 1. The van der Waals surface area contributed by atoms with Gasteiger partial charge in [0.1, 0.15) is 11.6 Å². The molecule has 2 N–H and O–H groups in total. The summed E-state index contributed by atoms with van der Waals surface area (Å²) in [5.41, 5.74) is 3.80. The van der Waals surface area contributed by atoms with E-state index in [9.17, 15) is 4.79 Å². The van der Waals surface area contributed by atoms with Crippen LogP contribution in [0.5, 0.6) is 5.75 Å². The van der Waals surface area contributed by atoms with Crippen LogP contribution in [0, 0.1) is 0 Å². The number of nitrogens with zero attached hydrogens (tertiary/aromatic N) is 2. The Morgan fingerprint density at radius 2 is 2.08 bits per heavy atom. The highest BCUT2D eigenvalue weighted by Crippen LogP contribution is 2.26. The lowest BCUT2D eigenvalue weighted by Crippen LogP contribution is -2.00. The first-order valence-corrected chi connectivity index (χ1v) is 7.82. The van der Waals surface area contributed by atoms with Crippen molar-refractivity contribution in [2.45, 2.75) is 6.92 Å². The number of carboxylic acids is 1. The van der Waals surface area contributed by atoms with Gasteiger partial charge < -0.3 is 9.84 Å². The zero-order chi connectivity index (χ0) is 17.6. The van der Waals surface area contributed by atoms with E-state index in [0.29, 0.717) is 12.4 Å². The molecule has 0 radical (unpaired) electrons. The number of aromatic nitrogens is 1. The SMILES string of the molecule is CCOc1ccc2ccccc2c1/C=N/Nc1ccc(C(=O)O)cn1. The van der Waals surface area contributed by atoms with Gasteiger partial charge in [0, 0.05) is 11.8 Å². The number of fused-ring (bicyclic) bond motifs is 1. The summed E-state index contributed by atoms with van der Waals surface area (Å²) in [4.78, 5) is 14.8. The number of ether oxygens (including phenoxy) is 1. The van der Waals surface area contributed by atoms with Crippen LogP contribution in [-0.4, -0.2) is 28.9 Å². The summed E-state index contributed by atoms with van der Waals surface area (Å²) in [6.07, 6.45) is 2.96. The molecule has 2 aromatic carbocycles. The van der Waals surface area contributed by atoms with Gasteiger partial charge in [-0.15, -0.1) is 0 Å². The Balaban J connectivity index is 1.87. The standard InChI is InChI=1S/C19H17N3O3/c1-2-25-17-9-7-13-5-3-4-6-15(13)16(17)12-21-22-18-10-8-14(11-20-18)19(23)24/h3-12H,2H2,1H3,(H,20,22)(H,23,24)/b21-12+. The van der Waals surface area contributed by atoms with E-state index in [1.807, 2.05) is 43.3 Å². The first-order valence-electron chi connectivity index (χ1n) is 7.82. The molecule has 3 rings (SSSR count). The van der Waals surface area contributed by atoms with Gasteiger partial charge in [-0.1, -0.05) is 30.3 Å². The fourth-order valence-corrected chi connectivity index (χ4v) is 2.44. The highest BCUT2D eigenvalue weighted by molar-refractivity contribution is 6.02. The average molecular weight is 335 g/mol. The highest BCUT2D eigenvalue weighted by atomic mass is 16.5. The van der Waals surface area contributed by atoms with Crippen molar-refractivity contribution < 1.29 is 14.6 Å². The Morgan fingerprint density at radius 1 is 1.24 bits per heavy atom. The van der Waals surface area contributed by atoms with E-state index in [4.69, 9.17) is 9.84 Å². The molecule has 6 nitrogen and oxygen atoms in total. The molecule has 0 aliphatic heterocycles. The molecule has 0 saturated heterocycles. The maximum Gasteiger partial charge on any atom is 0.337 e. The zero-order valence-corrected chi connectivity index (χ0v) is 13.6. The minimum absolute atomic E-state index is 0.127. The summed E-state index contributed by atoms with van der Waals surface area (Å²) < 4.78 is 5.69. The van der Waals surface area contributed by atoms with E-state index in [0.717, 1.165) is 22.1 Å². The monoisotopic (exact) mass is 335 g/mol. The van der Waals surface area contributed by atoms with Crippen LogP contribution >= 0.6 is 0 Å². The van der Waals surface area contributed by atoms with Gasteiger partial charge in [0.25, 0.3) is 0 Å². The number of hydrogen-bond acceptors (Lipinski definition) is 5. The number of pyridine rings is 1. The van der Waals surface area contributed by atoms with Gasteiger partial charge in [-0.2, -0.15) is 5.10 Å². The number of anilines is 1. The lowest BCUT2D eigenvalue weighted by Gasteiger charge is -2.10. The van der Waals surface area contributed by atoms with Crippen LogP contribution in [0.15, 0.2) is 59.8 Å². The number of carboxylic acid groups (broad SMARTS) is 1. The van der Waals surface area contributed by atoms with E-state index < -0.39 is 5.97 Å². The Bertz CT molecular complexity index is 921.